The maximum absolute atomic E-state index is 8.52. The third kappa shape index (κ3) is 1.64. The van der Waals surface area contributed by atoms with Gasteiger partial charge in [0.1, 0.15) is 5.76 Å². The van der Waals surface area contributed by atoms with Crippen molar-refractivity contribution in [3.63, 3.8) is 0 Å². The van der Waals surface area contributed by atoms with Gasteiger partial charge in [0.2, 0.25) is 0 Å². The first-order valence-corrected chi connectivity index (χ1v) is 3.51. The summed E-state index contributed by atoms with van der Waals surface area (Å²) < 4.78 is 4.93. The van der Waals surface area contributed by atoms with E-state index in [-0.39, 0.29) is 0 Å². The number of hydrogen-bond acceptors (Lipinski definition) is 2. The molecule has 1 aromatic rings. The zero-order valence-corrected chi connectivity index (χ0v) is 6.87. The molecule has 12 heavy (non-hydrogen) atoms. The second-order valence-electron chi connectivity index (χ2n) is 2.32. The van der Waals surface area contributed by atoms with Crippen LogP contribution in [0.2, 0.25) is 0 Å². The zero-order chi connectivity index (χ0) is 8.97. The Morgan fingerprint density at radius 2 is 2.00 bits per heavy atom. The minimum atomic E-state index is 0.611. The Bertz CT molecular complexity index is 319. The van der Waals surface area contributed by atoms with Gasteiger partial charge in [-0.1, -0.05) is 6.58 Å². The minimum Gasteiger partial charge on any atom is -0.497 e. The van der Waals surface area contributed by atoms with Crippen LogP contribution in [0.4, 0.5) is 0 Å². The van der Waals surface area contributed by atoms with Crippen molar-refractivity contribution in [2.75, 3.05) is 7.11 Å². The fourth-order valence-electron chi connectivity index (χ4n) is 0.849. The molecule has 0 aliphatic carbocycles. The largest absolute Gasteiger partial charge is 0.497 e. The molecule has 1 rings (SSSR count). The van der Waals surface area contributed by atoms with Crippen molar-refractivity contribution >= 4 is 5.76 Å². The van der Waals surface area contributed by atoms with Gasteiger partial charge < -0.3 is 4.74 Å². The highest BCUT2D eigenvalue weighted by atomic mass is 16.5. The molecule has 2 nitrogen and oxygen atoms in total. The van der Waals surface area contributed by atoms with Crippen molar-refractivity contribution in [3.05, 3.63) is 42.0 Å². The molecule has 0 aliphatic rings. The SMILES string of the molecule is C=C(OC)c1ccc(C#N)cc1. The molecule has 0 aromatic heterocycles. The topological polar surface area (TPSA) is 33.0 Å². The van der Waals surface area contributed by atoms with Gasteiger partial charge in [-0.2, -0.15) is 5.26 Å². The summed E-state index contributed by atoms with van der Waals surface area (Å²) in [6.45, 7) is 3.69. The molecular formula is C10H9NO. The number of hydrogen-bond donors (Lipinski definition) is 0. The van der Waals surface area contributed by atoms with Crippen LogP contribution >= 0.6 is 0 Å². The summed E-state index contributed by atoms with van der Waals surface area (Å²) in [7, 11) is 1.57. The predicted octanol–water partition coefficient (Wildman–Crippen LogP) is 2.18. The Morgan fingerprint density at radius 1 is 1.42 bits per heavy atom. The van der Waals surface area contributed by atoms with E-state index in [1.54, 1.807) is 19.2 Å². The highest BCUT2D eigenvalue weighted by Crippen LogP contribution is 2.12. The molecule has 0 aliphatic heterocycles. The van der Waals surface area contributed by atoms with Crippen LogP contribution in [0, 0.1) is 11.3 Å². The molecule has 0 bridgehead atoms. The van der Waals surface area contributed by atoms with Gasteiger partial charge in [-0.25, -0.2) is 0 Å². The lowest BCUT2D eigenvalue weighted by Gasteiger charge is -2.02. The first-order chi connectivity index (χ1) is 5.77. The lowest BCUT2D eigenvalue weighted by atomic mass is 10.1. The van der Waals surface area contributed by atoms with Crippen molar-refractivity contribution in [3.8, 4) is 6.07 Å². The average Bonchev–Trinajstić information content (AvgIpc) is 2.17. The number of methoxy groups -OCH3 is 1. The highest BCUT2D eigenvalue weighted by Gasteiger charge is 1.96. The summed E-state index contributed by atoms with van der Waals surface area (Å²) >= 11 is 0. The van der Waals surface area contributed by atoms with Crippen molar-refractivity contribution in [1.82, 2.24) is 0 Å². The third-order valence-electron chi connectivity index (χ3n) is 1.58. The smallest absolute Gasteiger partial charge is 0.118 e. The summed E-state index contributed by atoms with van der Waals surface area (Å²) in [5.74, 6) is 0.611. The summed E-state index contributed by atoms with van der Waals surface area (Å²) in [6.07, 6.45) is 0. The van der Waals surface area contributed by atoms with Gasteiger partial charge in [-0.3, -0.25) is 0 Å². The molecule has 2 heteroatoms. The van der Waals surface area contributed by atoms with Gasteiger partial charge in [-0.15, -0.1) is 0 Å². The maximum Gasteiger partial charge on any atom is 0.118 e. The molecule has 0 unspecified atom stereocenters. The van der Waals surface area contributed by atoms with Crippen LogP contribution in [0.25, 0.3) is 5.76 Å². The van der Waals surface area contributed by atoms with Gasteiger partial charge in [0.25, 0.3) is 0 Å². The second kappa shape index (κ2) is 3.59. The van der Waals surface area contributed by atoms with Gasteiger partial charge in [-0.05, 0) is 24.3 Å². The molecule has 0 spiro atoms. The molecule has 0 fully saturated rings. The van der Waals surface area contributed by atoms with Gasteiger partial charge in [0.15, 0.2) is 0 Å². The lowest BCUT2D eigenvalue weighted by molar-refractivity contribution is 0.371. The number of nitrogens with zero attached hydrogens (tertiary/aromatic N) is 1. The van der Waals surface area contributed by atoms with E-state index < -0.39 is 0 Å². The van der Waals surface area contributed by atoms with E-state index in [0.29, 0.717) is 11.3 Å². The van der Waals surface area contributed by atoms with Gasteiger partial charge in [0.05, 0.1) is 18.7 Å². The van der Waals surface area contributed by atoms with Crippen molar-refractivity contribution < 1.29 is 4.74 Å². The number of ether oxygens (including phenoxy) is 1. The first kappa shape index (κ1) is 8.35. The standard InChI is InChI=1S/C10H9NO/c1-8(12-2)10-5-3-9(7-11)4-6-10/h3-6H,1H2,2H3. The quantitative estimate of drug-likeness (QED) is 0.619. The Labute approximate surface area is 71.7 Å². The molecule has 0 amide bonds. The van der Waals surface area contributed by atoms with Crippen molar-refractivity contribution in [2.24, 2.45) is 0 Å². The van der Waals surface area contributed by atoms with Gasteiger partial charge >= 0.3 is 0 Å². The monoisotopic (exact) mass is 159 g/mol. The number of nitriles is 1. The summed E-state index contributed by atoms with van der Waals surface area (Å²) in [5, 5.41) is 8.52. The van der Waals surface area contributed by atoms with E-state index in [1.807, 2.05) is 18.2 Å². The van der Waals surface area contributed by atoms with Crippen LogP contribution in [0.15, 0.2) is 30.8 Å². The van der Waals surface area contributed by atoms with E-state index >= 15 is 0 Å². The van der Waals surface area contributed by atoms with Crippen LogP contribution in [0.1, 0.15) is 11.1 Å². The molecule has 0 radical (unpaired) electrons. The average molecular weight is 159 g/mol. The van der Waals surface area contributed by atoms with Crippen LogP contribution in [0.3, 0.4) is 0 Å². The molecule has 0 N–H and O–H groups in total. The van der Waals surface area contributed by atoms with Crippen LogP contribution < -0.4 is 0 Å². The molecular weight excluding hydrogens is 150 g/mol. The summed E-state index contributed by atoms with van der Waals surface area (Å²) in [4.78, 5) is 0. The van der Waals surface area contributed by atoms with E-state index in [2.05, 4.69) is 6.58 Å². The van der Waals surface area contributed by atoms with Gasteiger partial charge in [0, 0.05) is 5.56 Å². The molecule has 0 atom stereocenters. The second-order valence-corrected chi connectivity index (χ2v) is 2.32. The first-order valence-electron chi connectivity index (χ1n) is 3.51. The van der Waals surface area contributed by atoms with Crippen molar-refractivity contribution in [2.45, 2.75) is 0 Å². The van der Waals surface area contributed by atoms with E-state index in [4.69, 9.17) is 10.00 Å². The van der Waals surface area contributed by atoms with E-state index in [9.17, 15) is 0 Å². The van der Waals surface area contributed by atoms with E-state index in [0.717, 1.165) is 5.56 Å². The van der Waals surface area contributed by atoms with Crippen molar-refractivity contribution in [1.29, 1.82) is 5.26 Å². The molecule has 60 valence electrons. The Hall–Kier alpha value is -1.75. The number of rotatable bonds is 2. The molecule has 0 heterocycles. The maximum atomic E-state index is 8.52. The Balaban J connectivity index is 2.94. The summed E-state index contributed by atoms with van der Waals surface area (Å²) in [5.41, 5.74) is 1.54. The lowest BCUT2D eigenvalue weighted by Crippen LogP contribution is -1.84. The fraction of sp³-hybridized carbons (Fsp3) is 0.100. The Kier molecular flexibility index (Phi) is 2.49. The van der Waals surface area contributed by atoms with Crippen LogP contribution in [-0.4, -0.2) is 7.11 Å². The summed E-state index contributed by atoms with van der Waals surface area (Å²) in [6, 6.07) is 9.13. The van der Waals surface area contributed by atoms with Crippen LogP contribution in [0.5, 0.6) is 0 Å². The predicted molar refractivity (Wildman–Crippen MR) is 47.2 cm³/mol. The molecule has 0 saturated heterocycles. The van der Waals surface area contributed by atoms with Crippen LogP contribution in [-0.2, 0) is 4.74 Å². The molecule has 0 saturated carbocycles. The molecule has 1 aromatic carbocycles. The fourth-order valence-corrected chi connectivity index (χ4v) is 0.849. The third-order valence-corrected chi connectivity index (χ3v) is 1.58. The normalized spacial score (nSPS) is 8.67. The minimum absolute atomic E-state index is 0.611. The zero-order valence-electron chi connectivity index (χ0n) is 6.87. The highest BCUT2D eigenvalue weighted by molar-refractivity contribution is 5.58. The Morgan fingerprint density at radius 3 is 2.42 bits per heavy atom. The van der Waals surface area contributed by atoms with E-state index in [1.165, 1.54) is 0 Å². The number of benzene rings is 1.